The van der Waals surface area contributed by atoms with Gasteiger partial charge in [0.15, 0.2) is 34.7 Å². The maximum Gasteiger partial charge on any atom is 0.436 e. The second-order valence-corrected chi connectivity index (χ2v) is 6.82. The van der Waals surface area contributed by atoms with Crippen LogP contribution in [0.15, 0.2) is 22.0 Å². The molecule has 37 heavy (non-hydrogen) atoms. The highest BCUT2D eigenvalue weighted by Crippen LogP contribution is 2.53. The van der Waals surface area contributed by atoms with Crippen LogP contribution in [-0.2, 0) is 12.4 Å². The van der Waals surface area contributed by atoms with Crippen LogP contribution in [0.4, 0.5) is 52.7 Å². The van der Waals surface area contributed by atoms with Gasteiger partial charge in [0.1, 0.15) is 17.7 Å². The highest BCUT2D eigenvalue weighted by Gasteiger charge is 2.48. The Morgan fingerprint density at radius 3 is 1.70 bits per heavy atom. The van der Waals surface area contributed by atoms with Crippen molar-refractivity contribution in [1.29, 1.82) is 10.5 Å². The Bertz CT molecular complexity index is 1510. The number of allylic oxidation sites excluding steroid dienone is 3. The molecule has 6 nitrogen and oxygen atoms in total. The summed E-state index contributed by atoms with van der Waals surface area (Å²) in [4.78, 5) is 15.2. The number of alkyl halides is 6. The summed E-state index contributed by atoms with van der Waals surface area (Å²) in [7, 11) is 0. The molecule has 0 aliphatic heterocycles. The fraction of sp³-hybridized carbons (Fsp3) is 0.158. The number of nitrogens with zero attached hydrogens (tertiary/aromatic N) is 5. The Hall–Kier alpha value is -4.48. The summed E-state index contributed by atoms with van der Waals surface area (Å²) in [6, 6.07) is 1.88. The summed E-state index contributed by atoms with van der Waals surface area (Å²) in [5.74, 6) is -18.3. The molecule has 0 saturated carbocycles. The zero-order chi connectivity index (χ0) is 28.2. The molecular formula is C19HF12N5O. The normalized spacial score (nSPS) is 15.7. The number of nitroso groups, excluding NO2 is 1. The Kier molecular flexibility index (Phi) is 6.50. The van der Waals surface area contributed by atoms with E-state index in [4.69, 9.17) is 0 Å². The quantitative estimate of drug-likeness (QED) is 0.205. The van der Waals surface area contributed by atoms with Crippen molar-refractivity contribution >= 4 is 5.57 Å². The fourth-order valence-electron chi connectivity index (χ4n) is 3.22. The van der Waals surface area contributed by atoms with Crippen LogP contribution in [0.2, 0.25) is 0 Å². The maximum absolute atomic E-state index is 14.5. The van der Waals surface area contributed by atoms with Gasteiger partial charge in [0.25, 0.3) is 0 Å². The van der Waals surface area contributed by atoms with E-state index in [9.17, 15) is 68.1 Å². The van der Waals surface area contributed by atoms with Gasteiger partial charge in [0.2, 0.25) is 11.9 Å². The summed E-state index contributed by atoms with van der Waals surface area (Å²) in [5.41, 5.74) is -14.8. The second-order valence-electron chi connectivity index (χ2n) is 6.82. The molecular weight excluding hydrogens is 542 g/mol. The molecule has 2 aromatic heterocycles. The van der Waals surface area contributed by atoms with Crippen LogP contribution in [0.25, 0.3) is 5.57 Å². The van der Waals surface area contributed by atoms with E-state index >= 15 is 0 Å². The summed E-state index contributed by atoms with van der Waals surface area (Å²) in [6.45, 7) is 0. The van der Waals surface area contributed by atoms with Crippen molar-refractivity contribution < 1.29 is 52.7 Å². The molecule has 0 saturated heterocycles. The molecule has 0 N–H and O–H groups in total. The van der Waals surface area contributed by atoms with Crippen molar-refractivity contribution in [2.45, 2.75) is 18.3 Å². The molecule has 2 heterocycles. The third kappa shape index (κ3) is 4.34. The van der Waals surface area contributed by atoms with Crippen LogP contribution >= 0.6 is 0 Å². The number of pyridine rings is 2. The third-order valence-electron chi connectivity index (χ3n) is 4.76. The van der Waals surface area contributed by atoms with Gasteiger partial charge in [-0.25, -0.2) is 27.5 Å². The Balaban J connectivity index is 2.35. The van der Waals surface area contributed by atoms with E-state index in [0.717, 1.165) is 12.1 Å². The van der Waals surface area contributed by atoms with Crippen LogP contribution in [-0.4, -0.2) is 9.97 Å². The molecule has 1 aliphatic rings. The predicted octanol–water partition coefficient (Wildman–Crippen LogP) is 5.97. The van der Waals surface area contributed by atoms with E-state index in [1.54, 1.807) is 0 Å². The van der Waals surface area contributed by atoms with Crippen molar-refractivity contribution in [3.05, 3.63) is 79.4 Å². The number of hydrogen-bond donors (Lipinski definition) is 0. The smallest absolute Gasteiger partial charge is 0.209 e. The summed E-state index contributed by atoms with van der Waals surface area (Å²) < 4.78 is 163. The largest absolute Gasteiger partial charge is 0.436 e. The lowest BCUT2D eigenvalue weighted by Crippen LogP contribution is -2.18. The van der Waals surface area contributed by atoms with Gasteiger partial charge in [0.05, 0.1) is 22.8 Å². The SMILES string of the molecule is N#C/C(=C1C(N=O)=C\1C(C#N)c1c(F)c(F)nc(C(F)(F)F)c1F)c1c(F)c(F)nc(C(F)(F)F)c1F. The molecule has 2 aromatic rings. The first-order valence-electron chi connectivity index (χ1n) is 8.88. The third-order valence-corrected chi connectivity index (χ3v) is 4.76. The topological polar surface area (TPSA) is 103 Å². The van der Waals surface area contributed by atoms with Gasteiger partial charge in [-0.1, -0.05) is 0 Å². The standard InChI is InChI=1S/C19HF12N5O/c20-9-7(11(22)16(24)34-14(9)18(26,27)28)3(1-32)5-6(13(5)36-37)4(2-33)8-10(21)15(19(29,30)31)35-17(25)12(8)23/h3H/b6-4+. The van der Waals surface area contributed by atoms with Crippen LogP contribution < -0.4 is 0 Å². The van der Waals surface area contributed by atoms with E-state index < -0.39 is 98.4 Å². The van der Waals surface area contributed by atoms with Gasteiger partial charge in [-0.3, -0.25) is 0 Å². The van der Waals surface area contributed by atoms with Crippen LogP contribution in [0.1, 0.15) is 28.4 Å². The predicted molar refractivity (Wildman–Crippen MR) is 91.9 cm³/mol. The molecule has 1 aliphatic carbocycles. The maximum atomic E-state index is 14.5. The number of hydrogen-bond acceptors (Lipinski definition) is 6. The Morgan fingerprint density at radius 1 is 0.784 bits per heavy atom. The molecule has 0 spiro atoms. The van der Waals surface area contributed by atoms with E-state index in [0.29, 0.717) is 0 Å². The van der Waals surface area contributed by atoms with Gasteiger partial charge in [-0.05, 0) is 5.18 Å². The first-order chi connectivity index (χ1) is 17.0. The summed E-state index contributed by atoms with van der Waals surface area (Å²) >= 11 is 0. The number of rotatable bonds is 4. The van der Waals surface area contributed by atoms with Crippen LogP contribution in [0.3, 0.4) is 0 Å². The second kappa shape index (κ2) is 8.87. The van der Waals surface area contributed by atoms with Crippen LogP contribution in [0, 0.1) is 62.7 Å². The van der Waals surface area contributed by atoms with Gasteiger partial charge in [-0.15, -0.1) is 4.91 Å². The minimum absolute atomic E-state index is 0.903. The zero-order valence-electron chi connectivity index (χ0n) is 16.8. The molecule has 192 valence electrons. The van der Waals surface area contributed by atoms with E-state index in [2.05, 4.69) is 10.2 Å². The van der Waals surface area contributed by atoms with E-state index in [1.807, 2.05) is 4.98 Å². The average molecular weight is 543 g/mol. The van der Waals surface area contributed by atoms with Gasteiger partial charge >= 0.3 is 12.4 Å². The minimum atomic E-state index is -5.76. The van der Waals surface area contributed by atoms with Crippen molar-refractivity contribution in [2.24, 2.45) is 5.18 Å². The summed E-state index contributed by atoms with van der Waals surface area (Å²) in [6.07, 6.45) is -11.5. The lowest BCUT2D eigenvalue weighted by molar-refractivity contribution is -0.145. The molecule has 1 unspecified atom stereocenters. The highest BCUT2D eigenvalue weighted by atomic mass is 19.4. The minimum Gasteiger partial charge on any atom is -0.209 e. The van der Waals surface area contributed by atoms with Gasteiger partial charge in [0, 0.05) is 11.1 Å². The molecule has 1 atom stereocenters. The molecule has 18 heteroatoms. The molecule has 0 radical (unpaired) electrons. The van der Waals surface area contributed by atoms with Gasteiger partial charge in [-0.2, -0.15) is 45.6 Å². The molecule has 3 rings (SSSR count). The first kappa shape index (κ1) is 27.1. The number of halogens is 12. The number of aromatic nitrogens is 2. The van der Waals surface area contributed by atoms with E-state index in [1.165, 1.54) is 0 Å². The van der Waals surface area contributed by atoms with Crippen LogP contribution in [0.5, 0.6) is 0 Å². The molecule has 0 bridgehead atoms. The van der Waals surface area contributed by atoms with Gasteiger partial charge < -0.3 is 0 Å². The first-order valence-corrected chi connectivity index (χ1v) is 8.88. The molecule has 0 fully saturated rings. The van der Waals surface area contributed by atoms with Crippen molar-refractivity contribution in [3.63, 3.8) is 0 Å². The lowest BCUT2D eigenvalue weighted by atomic mass is 9.93. The number of nitriles is 2. The fourth-order valence-corrected chi connectivity index (χ4v) is 3.22. The van der Waals surface area contributed by atoms with Crippen molar-refractivity contribution in [2.75, 3.05) is 0 Å². The molecule has 0 aromatic carbocycles. The van der Waals surface area contributed by atoms with Crippen molar-refractivity contribution in [1.82, 2.24) is 9.97 Å². The summed E-state index contributed by atoms with van der Waals surface area (Å²) in [5, 5.41) is 20.8. The highest BCUT2D eigenvalue weighted by molar-refractivity contribution is 5.93. The van der Waals surface area contributed by atoms with E-state index in [-0.39, 0.29) is 0 Å². The monoisotopic (exact) mass is 543 g/mol. The Morgan fingerprint density at radius 2 is 1.27 bits per heavy atom. The average Bonchev–Trinajstić information content (AvgIpc) is 3.50. The van der Waals surface area contributed by atoms with Crippen molar-refractivity contribution in [3.8, 4) is 12.1 Å². The Labute approximate surface area is 194 Å². The lowest BCUT2D eigenvalue weighted by Gasteiger charge is -2.14. The zero-order valence-corrected chi connectivity index (χ0v) is 16.8. The molecule has 0 amide bonds.